The molecule has 0 bridgehead atoms. The highest BCUT2D eigenvalue weighted by Gasteiger charge is 1.98. The monoisotopic (exact) mass is 282 g/mol. The van der Waals surface area contributed by atoms with Crippen LogP contribution in [0.4, 0.5) is 0 Å². The third kappa shape index (κ3) is 5.63. The molecule has 3 nitrogen and oxygen atoms in total. The van der Waals surface area contributed by atoms with Gasteiger partial charge in [-0.3, -0.25) is 4.79 Å². The second kappa shape index (κ2) is 8.72. The van der Waals surface area contributed by atoms with Crippen LogP contribution in [0.15, 0.2) is 72.5 Å². The second-order valence-corrected chi connectivity index (χ2v) is 4.50. The van der Waals surface area contributed by atoms with E-state index in [1.165, 1.54) is 0 Å². The number of carbonyl (C=O) groups excluding carboxylic acids is 1. The minimum Gasteiger partial charge on any atom is -0.486 e. The van der Waals surface area contributed by atoms with Crippen molar-refractivity contribution < 1.29 is 14.3 Å². The van der Waals surface area contributed by atoms with Gasteiger partial charge in [-0.05, 0) is 17.2 Å². The molecule has 2 rings (SSSR count). The number of benzene rings is 2. The molecule has 0 aliphatic heterocycles. The van der Waals surface area contributed by atoms with Gasteiger partial charge in [0, 0.05) is 0 Å². The van der Waals surface area contributed by atoms with Gasteiger partial charge in [-0.15, -0.1) is 0 Å². The summed E-state index contributed by atoms with van der Waals surface area (Å²) in [6, 6.07) is 19.6. The molecule has 0 radical (unpaired) electrons. The van der Waals surface area contributed by atoms with Gasteiger partial charge >= 0.3 is 0 Å². The Morgan fingerprint density at radius 1 is 0.857 bits per heavy atom. The fraction of sp³-hybridized carbons (Fsp3) is 0.167. The van der Waals surface area contributed by atoms with Crippen molar-refractivity contribution in [1.82, 2.24) is 0 Å². The second-order valence-electron chi connectivity index (χ2n) is 4.50. The minimum absolute atomic E-state index is 0.298. The maximum absolute atomic E-state index is 10.9. The first-order chi connectivity index (χ1) is 10.4. The van der Waals surface area contributed by atoms with Crippen LogP contribution >= 0.6 is 0 Å². The summed E-state index contributed by atoms with van der Waals surface area (Å²) < 4.78 is 10.9. The van der Waals surface area contributed by atoms with E-state index in [1.54, 1.807) is 6.08 Å². The minimum atomic E-state index is 0.298. The molecule has 0 heterocycles. The van der Waals surface area contributed by atoms with Crippen LogP contribution in [0, 0.1) is 0 Å². The van der Waals surface area contributed by atoms with Gasteiger partial charge in [0.05, 0.1) is 13.2 Å². The van der Waals surface area contributed by atoms with Gasteiger partial charge in [0.25, 0.3) is 0 Å². The standard InChI is InChI=1S/C18H18O3/c19-13-18(21-15-17-9-5-2-6-10-17)11-12-20-14-16-7-3-1-4-8-16/h1-11,13H,12,14-15H2/b18-11-. The fourth-order valence-electron chi connectivity index (χ4n) is 1.77. The summed E-state index contributed by atoms with van der Waals surface area (Å²) in [5.41, 5.74) is 2.12. The summed E-state index contributed by atoms with van der Waals surface area (Å²) in [4.78, 5) is 10.9. The summed E-state index contributed by atoms with van der Waals surface area (Å²) in [7, 11) is 0. The molecule has 0 aromatic heterocycles. The molecule has 2 aromatic rings. The van der Waals surface area contributed by atoms with Crippen LogP contribution in [-0.4, -0.2) is 12.9 Å². The van der Waals surface area contributed by atoms with Gasteiger partial charge in [0.15, 0.2) is 12.0 Å². The summed E-state index contributed by atoms with van der Waals surface area (Å²) in [5, 5.41) is 0. The Bertz CT molecular complexity index is 562. The Balaban J connectivity index is 1.74. The first kappa shape index (κ1) is 15.0. The molecular weight excluding hydrogens is 264 g/mol. The predicted octanol–water partition coefficient (Wildman–Crippen LogP) is 3.50. The average Bonchev–Trinajstić information content (AvgIpc) is 2.56. The van der Waals surface area contributed by atoms with Crippen molar-refractivity contribution in [1.29, 1.82) is 0 Å². The van der Waals surface area contributed by atoms with Crippen molar-refractivity contribution in [3.63, 3.8) is 0 Å². The SMILES string of the molecule is O=C/C(=C/COCc1ccccc1)OCc1ccccc1. The quantitative estimate of drug-likeness (QED) is 0.322. The van der Waals surface area contributed by atoms with Crippen LogP contribution in [-0.2, 0) is 27.5 Å². The molecule has 0 aliphatic rings. The Kier molecular flexibility index (Phi) is 6.23. The molecular formula is C18H18O3. The van der Waals surface area contributed by atoms with E-state index in [2.05, 4.69) is 0 Å². The van der Waals surface area contributed by atoms with Crippen LogP contribution in [0.3, 0.4) is 0 Å². The van der Waals surface area contributed by atoms with Crippen molar-refractivity contribution in [2.45, 2.75) is 13.2 Å². The highest BCUT2D eigenvalue weighted by Crippen LogP contribution is 2.05. The van der Waals surface area contributed by atoms with Crippen LogP contribution in [0.25, 0.3) is 0 Å². The van der Waals surface area contributed by atoms with Crippen molar-refractivity contribution in [3.8, 4) is 0 Å². The predicted molar refractivity (Wildman–Crippen MR) is 81.5 cm³/mol. The molecule has 0 atom stereocenters. The smallest absolute Gasteiger partial charge is 0.184 e. The lowest BCUT2D eigenvalue weighted by Gasteiger charge is -2.06. The number of allylic oxidation sites excluding steroid dienone is 1. The van der Waals surface area contributed by atoms with Gasteiger partial charge in [0.2, 0.25) is 0 Å². The summed E-state index contributed by atoms with van der Waals surface area (Å²) in [5.74, 6) is 0.298. The van der Waals surface area contributed by atoms with E-state index in [0.29, 0.717) is 31.9 Å². The number of rotatable bonds is 8. The van der Waals surface area contributed by atoms with E-state index < -0.39 is 0 Å². The lowest BCUT2D eigenvalue weighted by Crippen LogP contribution is -1.99. The molecule has 0 saturated carbocycles. The van der Waals surface area contributed by atoms with Crippen LogP contribution in [0.5, 0.6) is 0 Å². The molecule has 0 spiro atoms. The van der Waals surface area contributed by atoms with Gasteiger partial charge in [-0.2, -0.15) is 0 Å². The highest BCUT2D eigenvalue weighted by molar-refractivity contribution is 5.70. The van der Waals surface area contributed by atoms with E-state index in [4.69, 9.17) is 9.47 Å². The number of hydrogen-bond acceptors (Lipinski definition) is 3. The van der Waals surface area contributed by atoms with Gasteiger partial charge in [-0.1, -0.05) is 60.7 Å². The lowest BCUT2D eigenvalue weighted by molar-refractivity contribution is -0.108. The van der Waals surface area contributed by atoms with Crippen molar-refractivity contribution in [2.75, 3.05) is 6.61 Å². The number of hydrogen-bond donors (Lipinski definition) is 0. The summed E-state index contributed by atoms with van der Waals surface area (Å²) in [6.45, 7) is 1.24. The van der Waals surface area contributed by atoms with Crippen LogP contribution < -0.4 is 0 Å². The van der Waals surface area contributed by atoms with Gasteiger partial charge < -0.3 is 9.47 Å². The van der Waals surface area contributed by atoms with E-state index in [0.717, 1.165) is 11.1 Å². The largest absolute Gasteiger partial charge is 0.486 e. The zero-order valence-electron chi connectivity index (χ0n) is 11.8. The summed E-state index contributed by atoms with van der Waals surface area (Å²) in [6.07, 6.45) is 2.35. The number of aldehydes is 1. The zero-order valence-corrected chi connectivity index (χ0v) is 11.8. The molecule has 0 unspecified atom stereocenters. The average molecular weight is 282 g/mol. The molecule has 21 heavy (non-hydrogen) atoms. The molecule has 3 heteroatoms. The Labute approximate surface area is 124 Å². The number of ether oxygens (including phenoxy) is 2. The highest BCUT2D eigenvalue weighted by atomic mass is 16.5. The maximum Gasteiger partial charge on any atom is 0.184 e. The molecule has 0 N–H and O–H groups in total. The first-order valence-electron chi connectivity index (χ1n) is 6.82. The Morgan fingerprint density at radius 2 is 1.43 bits per heavy atom. The van der Waals surface area contributed by atoms with Gasteiger partial charge in [-0.25, -0.2) is 0 Å². The molecule has 0 fully saturated rings. The van der Waals surface area contributed by atoms with E-state index in [9.17, 15) is 4.79 Å². The lowest BCUT2D eigenvalue weighted by atomic mass is 10.2. The first-order valence-corrected chi connectivity index (χ1v) is 6.82. The number of carbonyl (C=O) groups is 1. The van der Waals surface area contributed by atoms with Crippen LogP contribution in [0.1, 0.15) is 11.1 Å². The topological polar surface area (TPSA) is 35.5 Å². The molecule has 0 saturated heterocycles. The Morgan fingerprint density at radius 3 is 2.00 bits per heavy atom. The third-order valence-corrected chi connectivity index (χ3v) is 2.88. The maximum atomic E-state index is 10.9. The molecule has 0 amide bonds. The Hall–Kier alpha value is -2.39. The molecule has 0 aliphatic carbocycles. The zero-order chi connectivity index (χ0) is 14.8. The normalized spacial score (nSPS) is 11.1. The van der Waals surface area contributed by atoms with E-state index in [-0.39, 0.29) is 0 Å². The molecule has 2 aromatic carbocycles. The van der Waals surface area contributed by atoms with Crippen molar-refractivity contribution in [2.24, 2.45) is 0 Å². The van der Waals surface area contributed by atoms with Crippen molar-refractivity contribution in [3.05, 3.63) is 83.6 Å². The van der Waals surface area contributed by atoms with Crippen LogP contribution in [0.2, 0.25) is 0 Å². The fourth-order valence-corrected chi connectivity index (χ4v) is 1.77. The summed E-state index contributed by atoms with van der Waals surface area (Å²) >= 11 is 0. The van der Waals surface area contributed by atoms with Crippen molar-refractivity contribution >= 4 is 6.29 Å². The van der Waals surface area contributed by atoms with E-state index in [1.807, 2.05) is 60.7 Å². The van der Waals surface area contributed by atoms with Gasteiger partial charge in [0.1, 0.15) is 6.61 Å². The third-order valence-electron chi connectivity index (χ3n) is 2.88. The van der Waals surface area contributed by atoms with E-state index >= 15 is 0 Å². The molecule has 108 valence electrons.